The van der Waals surface area contributed by atoms with Crippen molar-refractivity contribution in [1.82, 2.24) is 9.97 Å². The Bertz CT molecular complexity index is 290. The zero-order chi connectivity index (χ0) is 12.3. The van der Waals surface area contributed by atoms with Gasteiger partial charge < -0.3 is 14.8 Å². The minimum Gasteiger partial charge on any atom is -0.379 e. The van der Waals surface area contributed by atoms with Gasteiger partial charge in [-0.2, -0.15) is 0 Å². The molecule has 0 saturated carbocycles. The van der Waals surface area contributed by atoms with Crippen LogP contribution in [0.3, 0.4) is 0 Å². The Morgan fingerprint density at radius 1 is 1.12 bits per heavy atom. The van der Waals surface area contributed by atoms with Crippen LogP contribution in [0.2, 0.25) is 0 Å². The zero-order valence-electron chi connectivity index (χ0n) is 10.6. The molecule has 0 spiro atoms. The molecule has 0 aliphatic carbocycles. The smallest absolute Gasteiger partial charge is 0.144 e. The van der Waals surface area contributed by atoms with Crippen LogP contribution in [0.5, 0.6) is 0 Å². The summed E-state index contributed by atoms with van der Waals surface area (Å²) in [6, 6.07) is 0. The molecule has 5 heteroatoms. The number of hydrogen-bond acceptors (Lipinski definition) is 5. The van der Waals surface area contributed by atoms with Crippen molar-refractivity contribution >= 4 is 5.82 Å². The standard InChI is InChI=1S/C12H21N3O2/c1-3-5-13-12-9-14-11(8-15-12)10-17-7-6-16-4-2/h8-9H,3-7,10H2,1-2H3,(H,13,15). The number of rotatable bonds is 9. The van der Waals surface area contributed by atoms with Crippen molar-refractivity contribution in [3.63, 3.8) is 0 Å². The molecule has 0 saturated heterocycles. The fourth-order valence-corrected chi connectivity index (χ4v) is 1.21. The highest BCUT2D eigenvalue weighted by molar-refractivity contribution is 5.30. The predicted octanol–water partition coefficient (Wildman–Crippen LogP) is 1.85. The molecule has 0 aliphatic rings. The lowest BCUT2D eigenvalue weighted by Crippen LogP contribution is -2.06. The number of ether oxygens (including phenoxy) is 2. The Morgan fingerprint density at radius 2 is 1.94 bits per heavy atom. The van der Waals surface area contributed by atoms with E-state index in [1.54, 1.807) is 12.4 Å². The van der Waals surface area contributed by atoms with Gasteiger partial charge in [0.05, 0.1) is 37.9 Å². The third-order valence-electron chi connectivity index (χ3n) is 2.09. The van der Waals surface area contributed by atoms with Crippen LogP contribution in [-0.2, 0) is 16.1 Å². The molecule has 0 atom stereocenters. The summed E-state index contributed by atoms with van der Waals surface area (Å²) in [7, 11) is 0. The molecule has 0 bridgehead atoms. The molecule has 1 rings (SSSR count). The Kier molecular flexibility index (Phi) is 7.25. The van der Waals surface area contributed by atoms with Crippen molar-refractivity contribution in [2.45, 2.75) is 26.9 Å². The summed E-state index contributed by atoms with van der Waals surface area (Å²) in [5.41, 5.74) is 0.837. The molecule has 17 heavy (non-hydrogen) atoms. The van der Waals surface area contributed by atoms with Gasteiger partial charge in [-0.1, -0.05) is 6.92 Å². The fraction of sp³-hybridized carbons (Fsp3) is 0.667. The van der Waals surface area contributed by atoms with Crippen LogP contribution < -0.4 is 5.32 Å². The summed E-state index contributed by atoms with van der Waals surface area (Å²) in [4.78, 5) is 8.50. The molecule has 0 unspecified atom stereocenters. The van der Waals surface area contributed by atoms with E-state index in [1.807, 2.05) is 6.92 Å². The zero-order valence-corrected chi connectivity index (χ0v) is 10.6. The fourth-order valence-electron chi connectivity index (χ4n) is 1.21. The van der Waals surface area contributed by atoms with Gasteiger partial charge in [-0.15, -0.1) is 0 Å². The first kappa shape index (κ1) is 13.9. The van der Waals surface area contributed by atoms with Crippen molar-refractivity contribution in [3.8, 4) is 0 Å². The molecular weight excluding hydrogens is 218 g/mol. The summed E-state index contributed by atoms with van der Waals surface area (Å²) in [5, 5.41) is 3.17. The second-order valence-electron chi connectivity index (χ2n) is 3.57. The molecule has 96 valence electrons. The molecule has 1 N–H and O–H groups in total. The lowest BCUT2D eigenvalue weighted by molar-refractivity contribution is 0.0440. The molecule has 0 amide bonds. The van der Waals surface area contributed by atoms with E-state index in [-0.39, 0.29) is 0 Å². The highest BCUT2D eigenvalue weighted by atomic mass is 16.5. The van der Waals surface area contributed by atoms with Gasteiger partial charge in [0.2, 0.25) is 0 Å². The molecule has 1 aromatic rings. The van der Waals surface area contributed by atoms with Gasteiger partial charge in [-0.05, 0) is 13.3 Å². The third-order valence-corrected chi connectivity index (χ3v) is 2.09. The van der Waals surface area contributed by atoms with E-state index in [1.165, 1.54) is 0 Å². The normalized spacial score (nSPS) is 10.5. The monoisotopic (exact) mass is 239 g/mol. The third kappa shape index (κ3) is 6.19. The Hall–Kier alpha value is -1.20. The first-order valence-corrected chi connectivity index (χ1v) is 6.07. The number of nitrogens with zero attached hydrogens (tertiary/aromatic N) is 2. The van der Waals surface area contributed by atoms with Gasteiger partial charge in [-0.25, -0.2) is 4.98 Å². The largest absolute Gasteiger partial charge is 0.379 e. The van der Waals surface area contributed by atoms with Gasteiger partial charge in [0.1, 0.15) is 5.82 Å². The second kappa shape index (κ2) is 8.90. The van der Waals surface area contributed by atoms with Gasteiger partial charge in [0, 0.05) is 13.2 Å². The summed E-state index contributed by atoms with van der Waals surface area (Å²) in [6.07, 6.45) is 4.54. The summed E-state index contributed by atoms with van der Waals surface area (Å²) in [6.45, 7) is 7.41. The predicted molar refractivity (Wildman–Crippen MR) is 67.0 cm³/mol. The molecule has 0 aromatic carbocycles. The van der Waals surface area contributed by atoms with Gasteiger partial charge in [-0.3, -0.25) is 4.98 Å². The van der Waals surface area contributed by atoms with E-state index < -0.39 is 0 Å². The van der Waals surface area contributed by atoms with Crippen LogP contribution >= 0.6 is 0 Å². The van der Waals surface area contributed by atoms with Crippen LogP contribution in [-0.4, -0.2) is 36.3 Å². The summed E-state index contributed by atoms with van der Waals surface area (Å²) in [5.74, 6) is 0.810. The van der Waals surface area contributed by atoms with E-state index in [0.29, 0.717) is 19.8 Å². The quantitative estimate of drug-likeness (QED) is 0.666. The second-order valence-corrected chi connectivity index (χ2v) is 3.57. The molecular formula is C12H21N3O2. The number of hydrogen-bond donors (Lipinski definition) is 1. The van der Waals surface area contributed by atoms with E-state index in [4.69, 9.17) is 9.47 Å². The number of anilines is 1. The maximum absolute atomic E-state index is 5.39. The van der Waals surface area contributed by atoms with Crippen LogP contribution in [0.1, 0.15) is 26.0 Å². The Morgan fingerprint density at radius 3 is 2.59 bits per heavy atom. The number of nitrogens with one attached hydrogen (secondary N) is 1. The molecule has 1 aromatic heterocycles. The highest BCUT2D eigenvalue weighted by Crippen LogP contribution is 2.02. The van der Waals surface area contributed by atoms with E-state index in [0.717, 1.165) is 31.1 Å². The Balaban J connectivity index is 2.20. The van der Waals surface area contributed by atoms with Gasteiger partial charge >= 0.3 is 0 Å². The van der Waals surface area contributed by atoms with Crippen molar-refractivity contribution in [2.75, 3.05) is 31.7 Å². The maximum atomic E-state index is 5.39. The van der Waals surface area contributed by atoms with Crippen molar-refractivity contribution in [3.05, 3.63) is 18.1 Å². The minimum absolute atomic E-state index is 0.480. The van der Waals surface area contributed by atoms with Crippen molar-refractivity contribution in [2.24, 2.45) is 0 Å². The highest BCUT2D eigenvalue weighted by Gasteiger charge is 1.97. The topological polar surface area (TPSA) is 56.3 Å². The SMILES string of the molecule is CCCNc1cnc(COCCOCC)cn1. The van der Waals surface area contributed by atoms with Crippen LogP contribution in [0.4, 0.5) is 5.82 Å². The summed E-state index contributed by atoms with van der Waals surface area (Å²) < 4.78 is 10.6. The lowest BCUT2D eigenvalue weighted by atomic mass is 10.4. The first-order chi connectivity index (χ1) is 8.36. The van der Waals surface area contributed by atoms with E-state index >= 15 is 0 Å². The van der Waals surface area contributed by atoms with Crippen molar-refractivity contribution in [1.29, 1.82) is 0 Å². The van der Waals surface area contributed by atoms with Gasteiger partial charge in [0.25, 0.3) is 0 Å². The average molecular weight is 239 g/mol. The minimum atomic E-state index is 0.480. The lowest BCUT2D eigenvalue weighted by Gasteiger charge is -2.05. The molecule has 1 heterocycles. The average Bonchev–Trinajstić information content (AvgIpc) is 2.37. The molecule has 0 fully saturated rings. The van der Waals surface area contributed by atoms with Crippen molar-refractivity contribution < 1.29 is 9.47 Å². The first-order valence-electron chi connectivity index (χ1n) is 6.07. The van der Waals surface area contributed by atoms with Crippen LogP contribution in [0.25, 0.3) is 0 Å². The summed E-state index contributed by atoms with van der Waals surface area (Å²) >= 11 is 0. The van der Waals surface area contributed by atoms with Gasteiger partial charge in [0.15, 0.2) is 0 Å². The molecule has 0 radical (unpaired) electrons. The molecule has 0 aliphatic heterocycles. The van der Waals surface area contributed by atoms with Crippen LogP contribution in [0.15, 0.2) is 12.4 Å². The maximum Gasteiger partial charge on any atom is 0.144 e. The van der Waals surface area contributed by atoms with Crippen LogP contribution in [0, 0.1) is 0 Å². The van der Waals surface area contributed by atoms with E-state index in [9.17, 15) is 0 Å². The molecule has 5 nitrogen and oxygen atoms in total. The van der Waals surface area contributed by atoms with E-state index in [2.05, 4.69) is 22.2 Å². The Labute approximate surface area is 103 Å². The number of aromatic nitrogens is 2.